The number of carbonyl (C=O) groups is 1. The van der Waals surface area contributed by atoms with Crippen molar-refractivity contribution in [1.82, 2.24) is 0 Å². The Hall–Kier alpha value is -1.27. The van der Waals surface area contributed by atoms with E-state index in [1.54, 1.807) is 12.1 Å². The minimum atomic E-state index is -2.99. The SMILES string of the molecule is O=C(O)c1cc(Cl)ccc1NC1CCS(=O)(=O)C1. The minimum Gasteiger partial charge on any atom is -0.478 e. The molecule has 1 atom stereocenters. The molecule has 0 aliphatic carbocycles. The fraction of sp³-hybridized carbons (Fsp3) is 0.364. The molecule has 0 amide bonds. The minimum absolute atomic E-state index is 0.0364. The van der Waals surface area contributed by atoms with Gasteiger partial charge in [0.15, 0.2) is 9.84 Å². The first-order valence-electron chi connectivity index (χ1n) is 5.37. The van der Waals surface area contributed by atoms with Crippen molar-refractivity contribution < 1.29 is 18.3 Å². The van der Waals surface area contributed by atoms with E-state index in [-0.39, 0.29) is 23.1 Å². The van der Waals surface area contributed by atoms with E-state index in [9.17, 15) is 13.2 Å². The predicted octanol–water partition coefficient (Wildman–Crippen LogP) is 1.64. The summed E-state index contributed by atoms with van der Waals surface area (Å²) < 4.78 is 22.7. The van der Waals surface area contributed by atoms with Crippen molar-refractivity contribution in [3.63, 3.8) is 0 Å². The van der Waals surface area contributed by atoms with Crippen LogP contribution in [0.2, 0.25) is 5.02 Å². The molecule has 0 bridgehead atoms. The van der Waals surface area contributed by atoms with Gasteiger partial charge in [-0.15, -0.1) is 0 Å². The van der Waals surface area contributed by atoms with Crippen LogP contribution in [0.25, 0.3) is 0 Å². The first-order chi connectivity index (χ1) is 8.37. The van der Waals surface area contributed by atoms with E-state index in [0.29, 0.717) is 17.1 Å². The van der Waals surface area contributed by atoms with Crippen molar-refractivity contribution in [3.05, 3.63) is 28.8 Å². The van der Waals surface area contributed by atoms with Gasteiger partial charge >= 0.3 is 5.97 Å². The van der Waals surface area contributed by atoms with E-state index in [0.717, 1.165) is 0 Å². The molecule has 2 N–H and O–H groups in total. The van der Waals surface area contributed by atoms with Crippen molar-refractivity contribution in [2.24, 2.45) is 0 Å². The van der Waals surface area contributed by atoms with Gasteiger partial charge in [0.25, 0.3) is 0 Å². The average Bonchev–Trinajstić information content (AvgIpc) is 2.60. The summed E-state index contributed by atoms with van der Waals surface area (Å²) in [5.74, 6) is -0.920. The molecule has 0 radical (unpaired) electrons. The molecule has 0 aromatic heterocycles. The molecule has 98 valence electrons. The lowest BCUT2D eigenvalue weighted by Gasteiger charge is -2.14. The zero-order valence-electron chi connectivity index (χ0n) is 9.39. The molecule has 18 heavy (non-hydrogen) atoms. The predicted molar refractivity (Wildman–Crippen MR) is 69.1 cm³/mol. The topological polar surface area (TPSA) is 83.5 Å². The van der Waals surface area contributed by atoms with Gasteiger partial charge in [-0.3, -0.25) is 0 Å². The monoisotopic (exact) mass is 289 g/mol. The van der Waals surface area contributed by atoms with Gasteiger partial charge in [0.05, 0.1) is 17.1 Å². The summed E-state index contributed by atoms with van der Waals surface area (Å²) in [6.07, 6.45) is 0.490. The number of hydrogen-bond donors (Lipinski definition) is 2. The van der Waals surface area contributed by atoms with Gasteiger partial charge in [-0.2, -0.15) is 0 Å². The van der Waals surface area contributed by atoms with Crippen LogP contribution in [0.1, 0.15) is 16.8 Å². The highest BCUT2D eigenvalue weighted by Gasteiger charge is 2.28. The highest BCUT2D eigenvalue weighted by atomic mass is 35.5. The Balaban J connectivity index is 2.22. The third kappa shape index (κ3) is 2.94. The molecule has 1 saturated heterocycles. The highest BCUT2D eigenvalue weighted by molar-refractivity contribution is 7.91. The summed E-state index contributed by atoms with van der Waals surface area (Å²) in [7, 11) is -2.99. The maximum absolute atomic E-state index is 11.3. The first-order valence-corrected chi connectivity index (χ1v) is 7.57. The van der Waals surface area contributed by atoms with Crippen LogP contribution < -0.4 is 5.32 Å². The molecule has 1 aliphatic heterocycles. The maximum Gasteiger partial charge on any atom is 0.337 e. The van der Waals surface area contributed by atoms with Gasteiger partial charge in [0, 0.05) is 16.8 Å². The van der Waals surface area contributed by atoms with Crippen LogP contribution in [0.3, 0.4) is 0 Å². The molecular formula is C11H12ClNO4S. The van der Waals surface area contributed by atoms with Gasteiger partial charge < -0.3 is 10.4 Å². The molecular weight excluding hydrogens is 278 g/mol. The number of nitrogens with one attached hydrogen (secondary N) is 1. The van der Waals surface area contributed by atoms with Crippen LogP contribution in [-0.2, 0) is 9.84 Å². The van der Waals surface area contributed by atoms with E-state index in [1.807, 2.05) is 0 Å². The van der Waals surface area contributed by atoms with E-state index >= 15 is 0 Å². The fourth-order valence-corrected chi connectivity index (χ4v) is 3.79. The summed E-state index contributed by atoms with van der Waals surface area (Å²) in [6.45, 7) is 0. The average molecular weight is 290 g/mol. The van der Waals surface area contributed by atoms with Crippen LogP contribution in [-0.4, -0.2) is 37.0 Å². The number of anilines is 1. The summed E-state index contributed by atoms with van der Waals surface area (Å²) in [5.41, 5.74) is 0.445. The van der Waals surface area contributed by atoms with Crippen LogP contribution in [0.15, 0.2) is 18.2 Å². The first kappa shape index (κ1) is 13.2. The van der Waals surface area contributed by atoms with E-state index in [2.05, 4.69) is 5.32 Å². The zero-order valence-corrected chi connectivity index (χ0v) is 11.0. The lowest BCUT2D eigenvalue weighted by molar-refractivity contribution is 0.0698. The number of rotatable bonds is 3. The third-order valence-electron chi connectivity index (χ3n) is 2.80. The maximum atomic E-state index is 11.3. The summed E-state index contributed by atoms with van der Waals surface area (Å²) in [6, 6.07) is 4.22. The number of halogens is 1. The molecule has 0 spiro atoms. The number of sulfone groups is 1. The Labute approximate surface area is 110 Å². The number of benzene rings is 1. The second-order valence-corrected chi connectivity index (χ2v) is 6.90. The van der Waals surface area contributed by atoms with Crippen LogP contribution >= 0.6 is 11.6 Å². The standard InChI is InChI=1S/C11H12ClNO4S/c12-7-1-2-10(9(5-7)11(14)15)13-8-3-4-18(16,17)6-8/h1-2,5,8,13H,3-4,6H2,(H,14,15). The van der Waals surface area contributed by atoms with Gasteiger partial charge in [0.2, 0.25) is 0 Å². The van der Waals surface area contributed by atoms with Crippen molar-refractivity contribution in [2.75, 3.05) is 16.8 Å². The number of carboxylic acids is 1. The molecule has 5 nitrogen and oxygen atoms in total. The van der Waals surface area contributed by atoms with Crippen molar-refractivity contribution in [1.29, 1.82) is 0 Å². The smallest absolute Gasteiger partial charge is 0.337 e. The highest BCUT2D eigenvalue weighted by Crippen LogP contribution is 2.24. The van der Waals surface area contributed by atoms with Crippen molar-refractivity contribution in [3.8, 4) is 0 Å². The summed E-state index contributed by atoms with van der Waals surface area (Å²) in [5, 5.41) is 12.3. The molecule has 7 heteroatoms. The van der Waals surface area contributed by atoms with E-state index < -0.39 is 15.8 Å². The molecule has 1 unspecified atom stereocenters. The number of aromatic carboxylic acids is 1. The van der Waals surface area contributed by atoms with Crippen LogP contribution in [0, 0.1) is 0 Å². The molecule has 0 saturated carbocycles. The van der Waals surface area contributed by atoms with Crippen LogP contribution in [0.4, 0.5) is 5.69 Å². The quantitative estimate of drug-likeness (QED) is 0.884. The molecule has 1 fully saturated rings. The Bertz CT molecular complexity index is 585. The zero-order chi connectivity index (χ0) is 13.3. The largest absolute Gasteiger partial charge is 0.478 e. The molecule has 1 aromatic carbocycles. The van der Waals surface area contributed by atoms with Crippen molar-refractivity contribution >= 4 is 33.1 Å². The summed E-state index contributed by atoms with van der Waals surface area (Å²) in [4.78, 5) is 11.1. The van der Waals surface area contributed by atoms with Gasteiger partial charge in [-0.1, -0.05) is 11.6 Å². The number of hydrogen-bond acceptors (Lipinski definition) is 4. The summed E-state index contributed by atoms with van der Waals surface area (Å²) >= 11 is 5.74. The van der Waals surface area contributed by atoms with Gasteiger partial charge in [-0.25, -0.2) is 13.2 Å². The Morgan fingerprint density at radius 2 is 2.17 bits per heavy atom. The normalized spacial score (nSPS) is 21.7. The fourth-order valence-electron chi connectivity index (χ4n) is 1.95. The Morgan fingerprint density at radius 3 is 2.72 bits per heavy atom. The Morgan fingerprint density at radius 1 is 1.44 bits per heavy atom. The number of carboxylic acid groups (broad SMARTS) is 1. The lowest BCUT2D eigenvalue weighted by atomic mass is 10.1. The second kappa shape index (κ2) is 4.78. The van der Waals surface area contributed by atoms with E-state index in [1.165, 1.54) is 6.07 Å². The van der Waals surface area contributed by atoms with Crippen molar-refractivity contribution in [2.45, 2.75) is 12.5 Å². The molecule has 1 aliphatic rings. The lowest BCUT2D eigenvalue weighted by Crippen LogP contribution is -2.22. The van der Waals surface area contributed by atoms with E-state index in [4.69, 9.17) is 16.7 Å². The molecule has 2 rings (SSSR count). The second-order valence-electron chi connectivity index (χ2n) is 4.24. The Kier molecular flexibility index (Phi) is 3.49. The molecule has 1 aromatic rings. The third-order valence-corrected chi connectivity index (χ3v) is 4.81. The molecule has 1 heterocycles. The van der Waals surface area contributed by atoms with Gasteiger partial charge in [-0.05, 0) is 24.6 Å². The van der Waals surface area contributed by atoms with Gasteiger partial charge in [0.1, 0.15) is 0 Å². The van der Waals surface area contributed by atoms with Crippen LogP contribution in [0.5, 0.6) is 0 Å².